The summed E-state index contributed by atoms with van der Waals surface area (Å²) in [5, 5.41) is 9.57. The highest BCUT2D eigenvalue weighted by Crippen LogP contribution is 2.24. The molecule has 1 aromatic carbocycles. The SMILES string of the molecule is CC(C)(N)Cc1ccc(Br)cc1O. The molecule has 1 rings (SSSR count). The average molecular weight is 244 g/mol. The molecule has 72 valence electrons. The molecule has 0 radical (unpaired) electrons. The summed E-state index contributed by atoms with van der Waals surface area (Å²) in [7, 11) is 0. The van der Waals surface area contributed by atoms with Gasteiger partial charge in [0.1, 0.15) is 5.75 Å². The molecule has 0 heterocycles. The molecule has 13 heavy (non-hydrogen) atoms. The van der Waals surface area contributed by atoms with Gasteiger partial charge in [-0.1, -0.05) is 22.0 Å². The lowest BCUT2D eigenvalue weighted by molar-refractivity contribution is 0.449. The summed E-state index contributed by atoms with van der Waals surface area (Å²) in [5.41, 5.74) is 6.45. The van der Waals surface area contributed by atoms with Crippen LogP contribution in [-0.2, 0) is 6.42 Å². The maximum absolute atomic E-state index is 9.57. The Hall–Kier alpha value is -0.540. The van der Waals surface area contributed by atoms with Gasteiger partial charge in [-0.15, -0.1) is 0 Å². The van der Waals surface area contributed by atoms with Crippen LogP contribution in [0.1, 0.15) is 19.4 Å². The van der Waals surface area contributed by atoms with Crippen molar-refractivity contribution in [2.24, 2.45) is 5.73 Å². The van der Waals surface area contributed by atoms with Gasteiger partial charge < -0.3 is 10.8 Å². The van der Waals surface area contributed by atoms with Crippen molar-refractivity contribution in [2.45, 2.75) is 25.8 Å². The first kappa shape index (κ1) is 10.5. The smallest absolute Gasteiger partial charge is 0.119 e. The van der Waals surface area contributed by atoms with E-state index in [1.54, 1.807) is 6.07 Å². The molecule has 0 fully saturated rings. The quantitative estimate of drug-likeness (QED) is 0.839. The second-order valence-electron chi connectivity index (χ2n) is 3.94. The van der Waals surface area contributed by atoms with Crippen LogP contribution in [0, 0.1) is 0 Å². The normalized spacial score (nSPS) is 11.7. The first-order valence-electron chi connectivity index (χ1n) is 4.15. The Morgan fingerprint density at radius 2 is 2.08 bits per heavy atom. The highest BCUT2D eigenvalue weighted by Gasteiger charge is 2.14. The number of phenolic OH excluding ortho intramolecular Hbond substituents is 1. The zero-order valence-electron chi connectivity index (χ0n) is 7.84. The molecular formula is C10H14BrNO. The molecule has 0 spiro atoms. The number of nitrogens with two attached hydrogens (primary N) is 1. The Morgan fingerprint density at radius 1 is 1.46 bits per heavy atom. The van der Waals surface area contributed by atoms with Gasteiger partial charge in [-0.25, -0.2) is 0 Å². The molecule has 0 aromatic heterocycles. The average Bonchev–Trinajstić information content (AvgIpc) is 1.93. The first-order chi connectivity index (χ1) is 5.88. The second-order valence-corrected chi connectivity index (χ2v) is 4.85. The van der Waals surface area contributed by atoms with Crippen LogP contribution >= 0.6 is 15.9 Å². The molecule has 3 heteroatoms. The fourth-order valence-electron chi connectivity index (χ4n) is 1.18. The number of hydrogen-bond donors (Lipinski definition) is 2. The molecule has 0 atom stereocenters. The van der Waals surface area contributed by atoms with Crippen molar-refractivity contribution in [3.05, 3.63) is 28.2 Å². The topological polar surface area (TPSA) is 46.2 Å². The molecule has 0 saturated heterocycles. The van der Waals surface area contributed by atoms with E-state index in [4.69, 9.17) is 5.73 Å². The van der Waals surface area contributed by atoms with Crippen LogP contribution in [0.15, 0.2) is 22.7 Å². The minimum atomic E-state index is -0.286. The van der Waals surface area contributed by atoms with E-state index in [1.807, 2.05) is 26.0 Å². The van der Waals surface area contributed by atoms with E-state index in [-0.39, 0.29) is 5.54 Å². The molecule has 1 aromatic rings. The van der Waals surface area contributed by atoms with E-state index in [2.05, 4.69) is 15.9 Å². The van der Waals surface area contributed by atoms with Crippen molar-refractivity contribution in [3.63, 3.8) is 0 Å². The van der Waals surface area contributed by atoms with Gasteiger partial charge in [0.2, 0.25) is 0 Å². The van der Waals surface area contributed by atoms with E-state index >= 15 is 0 Å². The van der Waals surface area contributed by atoms with Gasteiger partial charge in [0.25, 0.3) is 0 Å². The van der Waals surface area contributed by atoms with Crippen molar-refractivity contribution in [3.8, 4) is 5.75 Å². The highest BCUT2D eigenvalue weighted by atomic mass is 79.9. The summed E-state index contributed by atoms with van der Waals surface area (Å²) in [5.74, 6) is 0.299. The van der Waals surface area contributed by atoms with Crippen LogP contribution in [-0.4, -0.2) is 10.6 Å². The van der Waals surface area contributed by atoms with Crippen molar-refractivity contribution in [2.75, 3.05) is 0 Å². The van der Waals surface area contributed by atoms with Crippen LogP contribution in [0.2, 0.25) is 0 Å². The Morgan fingerprint density at radius 3 is 2.54 bits per heavy atom. The van der Waals surface area contributed by atoms with Crippen molar-refractivity contribution in [1.82, 2.24) is 0 Å². The standard InChI is InChI=1S/C10H14BrNO/c1-10(2,12)6-7-3-4-8(11)5-9(7)13/h3-5,13H,6,12H2,1-2H3. The third kappa shape index (κ3) is 3.36. The highest BCUT2D eigenvalue weighted by molar-refractivity contribution is 9.10. The molecule has 2 nitrogen and oxygen atoms in total. The summed E-state index contributed by atoms with van der Waals surface area (Å²) >= 11 is 3.28. The van der Waals surface area contributed by atoms with E-state index in [0.717, 1.165) is 10.0 Å². The second kappa shape index (κ2) is 3.68. The number of rotatable bonds is 2. The molecule has 0 aliphatic carbocycles. The summed E-state index contributed by atoms with van der Waals surface area (Å²) in [4.78, 5) is 0. The fourth-order valence-corrected chi connectivity index (χ4v) is 1.53. The van der Waals surface area contributed by atoms with Crippen LogP contribution in [0.4, 0.5) is 0 Å². The number of halogens is 1. The molecule has 0 saturated carbocycles. The zero-order valence-corrected chi connectivity index (χ0v) is 9.43. The van der Waals surface area contributed by atoms with Crippen molar-refractivity contribution in [1.29, 1.82) is 0 Å². The van der Waals surface area contributed by atoms with E-state index in [0.29, 0.717) is 12.2 Å². The Bertz CT molecular complexity index is 304. The fraction of sp³-hybridized carbons (Fsp3) is 0.400. The summed E-state index contributed by atoms with van der Waals surface area (Å²) < 4.78 is 0.878. The van der Waals surface area contributed by atoms with Crippen molar-refractivity contribution < 1.29 is 5.11 Å². The molecule has 3 N–H and O–H groups in total. The Kier molecular flexibility index (Phi) is 2.98. The zero-order chi connectivity index (χ0) is 10.1. The predicted octanol–water partition coefficient (Wildman–Crippen LogP) is 2.43. The van der Waals surface area contributed by atoms with Gasteiger partial charge in [0.05, 0.1) is 0 Å². The van der Waals surface area contributed by atoms with Gasteiger partial charge in [0, 0.05) is 10.0 Å². The van der Waals surface area contributed by atoms with Gasteiger partial charge in [-0.2, -0.15) is 0 Å². The summed E-state index contributed by atoms with van der Waals surface area (Å²) in [6.07, 6.45) is 0.673. The molecule has 0 aliphatic heterocycles. The first-order valence-corrected chi connectivity index (χ1v) is 4.94. The van der Waals surface area contributed by atoms with Crippen molar-refractivity contribution >= 4 is 15.9 Å². The van der Waals surface area contributed by atoms with Gasteiger partial charge in [0.15, 0.2) is 0 Å². The van der Waals surface area contributed by atoms with Crippen LogP contribution in [0.25, 0.3) is 0 Å². The number of aromatic hydroxyl groups is 1. The predicted molar refractivity (Wildman–Crippen MR) is 57.8 cm³/mol. The minimum Gasteiger partial charge on any atom is -0.508 e. The van der Waals surface area contributed by atoms with Gasteiger partial charge >= 0.3 is 0 Å². The molecular weight excluding hydrogens is 230 g/mol. The third-order valence-corrected chi connectivity index (χ3v) is 2.19. The van der Waals surface area contributed by atoms with Gasteiger partial charge in [-0.05, 0) is 38.0 Å². The maximum Gasteiger partial charge on any atom is 0.119 e. The summed E-state index contributed by atoms with van der Waals surface area (Å²) in [6, 6.07) is 5.47. The summed E-state index contributed by atoms with van der Waals surface area (Å²) in [6.45, 7) is 3.88. The van der Waals surface area contributed by atoms with E-state index < -0.39 is 0 Å². The van der Waals surface area contributed by atoms with E-state index in [1.165, 1.54) is 0 Å². The van der Waals surface area contributed by atoms with E-state index in [9.17, 15) is 5.11 Å². The molecule has 0 amide bonds. The number of phenols is 1. The largest absolute Gasteiger partial charge is 0.508 e. The Balaban J connectivity index is 2.90. The maximum atomic E-state index is 9.57. The molecule has 0 aliphatic rings. The lowest BCUT2D eigenvalue weighted by Crippen LogP contribution is -2.34. The number of hydrogen-bond acceptors (Lipinski definition) is 2. The lowest BCUT2D eigenvalue weighted by Gasteiger charge is -2.18. The van der Waals surface area contributed by atoms with Gasteiger partial charge in [-0.3, -0.25) is 0 Å². The number of benzene rings is 1. The Labute approximate surface area is 86.9 Å². The van der Waals surface area contributed by atoms with Crippen LogP contribution < -0.4 is 5.73 Å². The monoisotopic (exact) mass is 243 g/mol. The minimum absolute atomic E-state index is 0.286. The third-order valence-electron chi connectivity index (χ3n) is 1.69. The van der Waals surface area contributed by atoms with Crippen LogP contribution in [0.3, 0.4) is 0 Å². The molecule has 0 bridgehead atoms. The lowest BCUT2D eigenvalue weighted by atomic mass is 9.96. The molecule has 0 unspecified atom stereocenters. The van der Waals surface area contributed by atoms with Crippen LogP contribution in [0.5, 0.6) is 5.75 Å².